The molecule has 0 aliphatic rings. The number of carbonyl (C=O) groups excluding carboxylic acids is 1. The number of nitro benzene ring substituents is 1. The van der Waals surface area contributed by atoms with E-state index >= 15 is 0 Å². The molecule has 1 aromatic rings. The second-order valence-electron chi connectivity index (χ2n) is 4.11. The molecule has 0 aliphatic heterocycles. The Morgan fingerprint density at radius 2 is 2.14 bits per heavy atom. The third-order valence-corrected chi connectivity index (χ3v) is 2.69. The summed E-state index contributed by atoms with van der Waals surface area (Å²) >= 11 is 0. The number of rotatable bonds is 7. The minimum atomic E-state index is -1.21. The van der Waals surface area contributed by atoms with Gasteiger partial charge in [0.25, 0.3) is 11.6 Å². The van der Waals surface area contributed by atoms with Crippen LogP contribution in [0.1, 0.15) is 10.4 Å². The standard InChI is InChI=1S/C12H15N3O6/c1-21-6-5-14(7-10(16)17)12(18)8-3-2-4-9(11(8)13)15(19)20/h2-4H,5-7,13H2,1H3,(H,16,17). The Bertz CT molecular complexity index is 560. The van der Waals surface area contributed by atoms with Gasteiger partial charge in [-0.05, 0) is 6.07 Å². The normalized spacial score (nSPS) is 10.1. The lowest BCUT2D eigenvalue weighted by atomic mass is 10.1. The van der Waals surface area contributed by atoms with Gasteiger partial charge in [0.05, 0.1) is 17.1 Å². The zero-order chi connectivity index (χ0) is 16.0. The lowest BCUT2D eigenvalue weighted by molar-refractivity contribution is -0.383. The van der Waals surface area contributed by atoms with Gasteiger partial charge in [0.2, 0.25) is 0 Å². The maximum absolute atomic E-state index is 12.3. The second kappa shape index (κ2) is 7.20. The van der Waals surface area contributed by atoms with Crippen LogP contribution in [0.25, 0.3) is 0 Å². The smallest absolute Gasteiger partial charge is 0.323 e. The quantitative estimate of drug-likeness (QED) is 0.421. The molecule has 0 atom stereocenters. The predicted molar refractivity (Wildman–Crippen MR) is 72.9 cm³/mol. The number of carboxylic acid groups (broad SMARTS) is 1. The van der Waals surface area contributed by atoms with Crippen LogP contribution in [0.2, 0.25) is 0 Å². The van der Waals surface area contributed by atoms with Gasteiger partial charge < -0.3 is 20.5 Å². The molecule has 0 radical (unpaired) electrons. The lowest BCUT2D eigenvalue weighted by Crippen LogP contribution is -2.38. The summed E-state index contributed by atoms with van der Waals surface area (Å²) in [4.78, 5) is 34.2. The van der Waals surface area contributed by atoms with Gasteiger partial charge in [0.15, 0.2) is 0 Å². The number of carboxylic acids is 1. The Balaban J connectivity index is 3.11. The number of nitrogens with two attached hydrogens (primary N) is 1. The summed E-state index contributed by atoms with van der Waals surface area (Å²) in [6.45, 7) is -0.387. The molecule has 0 aromatic heterocycles. The predicted octanol–water partition coefficient (Wildman–Crippen LogP) is 0.350. The summed E-state index contributed by atoms with van der Waals surface area (Å²) in [5.41, 5.74) is 4.81. The molecule has 0 heterocycles. The highest BCUT2D eigenvalue weighted by Crippen LogP contribution is 2.25. The van der Waals surface area contributed by atoms with E-state index in [4.69, 9.17) is 15.6 Å². The van der Waals surface area contributed by atoms with Crippen LogP contribution >= 0.6 is 0 Å². The number of amides is 1. The number of methoxy groups -OCH3 is 1. The maximum Gasteiger partial charge on any atom is 0.323 e. The Labute approximate surface area is 120 Å². The summed E-state index contributed by atoms with van der Waals surface area (Å²) < 4.78 is 4.81. The van der Waals surface area contributed by atoms with Crippen molar-refractivity contribution in [3.05, 3.63) is 33.9 Å². The number of aliphatic carboxylic acids is 1. The summed E-state index contributed by atoms with van der Waals surface area (Å²) in [5.74, 6) is -1.90. The molecule has 0 bridgehead atoms. The monoisotopic (exact) mass is 297 g/mol. The van der Waals surface area contributed by atoms with Crippen molar-refractivity contribution in [1.82, 2.24) is 4.90 Å². The van der Waals surface area contributed by atoms with Crippen LogP contribution in [0.5, 0.6) is 0 Å². The van der Waals surface area contributed by atoms with Gasteiger partial charge in [0.1, 0.15) is 12.2 Å². The van der Waals surface area contributed by atoms with Gasteiger partial charge in [-0.15, -0.1) is 0 Å². The molecular formula is C12H15N3O6. The molecule has 0 unspecified atom stereocenters. The Morgan fingerprint density at radius 1 is 1.48 bits per heavy atom. The van der Waals surface area contributed by atoms with E-state index in [1.165, 1.54) is 25.3 Å². The largest absolute Gasteiger partial charge is 0.480 e. The number of hydrogen-bond donors (Lipinski definition) is 2. The molecule has 9 heteroatoms. The van der Waals surface area contributed by atoms with Gasteiger partial charge >= 0.3 is 5.97 Å². The molecule has 1 amide bonds. The van der Waals surface area contributed by atoms with E-state index in [9.17, 15) is 19.7 Å². The zero-order valence-electron chi connectivity index (χ0n) is 11.3. The number of carbonyl (C=O) groups is 2. The van der Waals surface area contributed by atoms with Crippen LogP contribution in [-0.2, 0) is 9.53 Å². The van der Waals surface area contributed by atoms with Crippen LogP contribution in [0.3, 0.4) is 0 Å². The molecule has 21 heavy (non-hydrogen) atoms. The van der Waals surface area contributed by atoms with Crippen molar-refractivity contribution in [2.45, 2.75) is 0 Å². The molecule has 0 saturated carbocycles. The number of nitro groups is 1. The summed E-state index contributed by atoms with van der Waals surface area (Å²) in [6, 6.07) is 3.80. The van der Waals surface area contributed by atoms with Crippen molar-refractivity contribution in [1.29, 1.82) is 0 Å². The van der Waals surface area contributed by atoms with Gasteiger partial charge in [-0.25, -0.2) is 0 Å². The van der Waals surface area contributed by atoms with E-state index in [1.807, 2.05) is 0 Å². The number of hydrogen-bond acceptors (Lipinski definition) is 6. The highest BCUT2D eigenvalue weighted by atomic mass is 16.6. The number of anilines is 1. The van der Waals surface area contributed by atoms with Crippen molar-refractivity contribution in [3.8, 4) is 0 Å². The average molecular weight is 297 g/mol. The number of ether oxygens (including phenoxy) is 1. The molecule has 0 spiro atoms. The molecule has 1 rings (SSSR count). The highest BCUT2D eigenvalue weighted by molar-refractivity contribution is 6.02. The topological polar surface area (TPSA) is 136 Å². The van der Waals surface area contributed by atoms with E-state index in [2.05, 4.69) is 0 Å². The van der Waals surface area contributed by atoms with Crippen LogP contribution < -0.4 is 5.73 Å². The average Bonchev–Trinajstić information content (AvgIpc) is 2.42. The number of nitrogens with zero attached hydrogens (tertiary/aromatic N) is 2. The first-order valence-electron chi connectivity index (χ1n) is 5.91. The third-order valence-electron chi connectivity index (χ3n) is 2.69. The van der Waals surface area contributed by atoms with Gasteiger partial charge in [-0.3, -0.25) is 19.7 Å². The van der Waals surface area contributed by atoms with Crippen molar-refractivity contribution in [2.24, 2.45) is 0 Å². The molecular weight excluding hydrogens is 282 g/mol. The van der Waals surface area contributed by atoms with Crippen molar-refractivity contribution in [2.75, 3.05) is 32.5 Å². The lowest BCUT2D eigenvalue weighted by Gasteiger charge is -2.21. The van der Waals surface area contributed by atoms with Crippen molar-refractivity contribution >= 4 is 23.3 Å². The fourth-order valence-electron chi connectivity index (χ4n) is 1.69. The minimum Gasteiger partial charge on any atom is -0.480 e. The SMILES string of the molecule is COCCN(CC(=O)O)C(=O)c1cccc([N+](=O)[O-])c1N. The summed E-state index contributed by atoms with van der Waals surface area (Å²) in [7, 11) is 1.41. The first-order valence-corrected chi connectivity index (χ1v) is 5.91. The fourth-order valence-corrected chi connectivity index (χ4v) is 1.69. The van der Waals surface area contributed by atoms with Crippen molar-refractivity contribution < 1.29 is 24.4 Å². The van der Waals surface area contributed by atoms with Crippen molar-refractivity contribution in [3.63, 3.8) is 0 Å². The van der Waals surface area contributed by atoms with Gasteiger partial charge in [0, 0.05) is 19.7 Å². The van der Waals surface area contributed by atoms with Crippen LogP contribution in [0.15, 0.2) is 18.2 Å². The Hall–Kier alpha value is -2.68. The Morgan fingerprint density at radius 3 is 2.67 bits per heavy atom. The van der Waals surface area contributed by atoms with E-state index in [0.29, 0.717) is 0 Å². The molecule has 0 fully saturated rings. The third kappa shape index (κ3) is 4.14. The molecule has 1 aromatic carbocycles. The van der Waals surface area contributed by atoms with Crippen LogP contribution in [0.4, 0.5) is 11.4 Å². The van der Waals surface area contributed by atoms with Gasteiger partial charge in [-0.1, -0.05) is 6.07 Å². The van der Waals surface area contributed by atoms with E-state index < -0.39 is 29.0 Å². The van der Waals surface area contributed by atoms with E-state index in [1.54, 1.807) is 0 Å². The number of nitrogen functional groups attached to an aromatic ring is 1. The number of benzene rings is 1. The molecule has 0 saturated heterocycles. The molecule has 9 nitrogen and oxygen atoms in total. The fraction of sp³-hybridized carbons (Fsp3) is 0.333. The zero-order valence-corrected chi connectivity index (χ0v) is 11.3. The second-order valence-corrected chi connectivity index (χ2v) is 4.11. The first-order chi connectivity index (χ1) is 9.88. The number of para-hydroxylation sites is 1. The first kappa shape index (κ1) is 16.4. The summed E-state index contributed by atoms with van der Waals surface area (Å²) in [5, 5.41) is 19.6. The Kier molecular flexibility index (Phi) is 5.61. The molecule has 114 valence electrons. The summed E-state index contributed by atoms with van der Waals surface area (Å²) in [6.07, 6.45) is 0. The van der Waals surface area contributed by atoms with E-state index in [0.717, 1.165) is 4.90 Å². The van der Waals surface area contributed by atoms with Crippen LogP contribution in [-0.4, -0.2) is 53.6 Å². The highest BCUT2D eigenvalue weighted by Gasteiger charge is 2.24. The molecule has 0 aliphatic carbocycles. The molecule has 3 N–H and O–H groups in total. The van der Waals surface area contributed by atoms with Crippen LogP contribution in [0, 0.1) is 10.1 Å². The van der Waals surface area contributed by atoms with E-state index in [-0.39, 0.29) is 24.4 Å². The maximum atomic E-state index is 12.3. The van der Waals surface area contributed by atoms with Gasteiger partial charge in [-0.2, -0.15) is 0 Å². The minimum absolute atomic E-state index is 0.0315.